The molecule has 1 aliphatic rings. The van der Waals surface area contributed by atoms with Crippen molar-refractivity contribution in [3.05, 3.63) is 59.7 Å². The number of carbonyl (C=O) groups is 2. The van der Waals surface area contributed by atoms with Crippen LogP contribution in [0.15, 0.2) is 42.5 Å². The number of halogens is 2. The van der Waals surface area contributed by atoms with Crippen LogP contribution >= 0.6 is 0 Å². The third-order valence-electron chi connectivity index (χ3n) is 6.06. The van der Waals surface area contributed by atoms with Crippen LogP contribution in [0.2, 0.25) is 0 Å². The Balaban J connectivity index is 1.53. The van der Waals surface area contributed by atoms with Crippen LogP contribution in [-0.2, 0) is 4.79 Å². The molecule has 0 spiro atoms. The predicted octanol–water partition coefficient (Wildman–Crippen LogP) is 4.13. The van der Waals surface area contributed by atoms with Gasteiger partial charge in [-0.2, -0.15) is 0 Å². The topological polar surface area (TPSA) is 79.5 Å². The largest absolute Gasteiger partial charge is 0.497 e. The molecule has 6 nitrogen and oxygen atoms in total. The molecule has 1 fully saturated rings. The molecule has 1 aliphatic carbocycles. The summed E-state index contributed by atoms with van der Waals surface area (Å²) in [5, 5.41) is 8.95. The lowest BCUT2D eigenvalue weighted by molar-refractivity contribution is -0.126. The lowest BCUT2D eigenvalue weighted by Gasteiger charge is -2.29. The van der Waals surface area contributed by atoms with Crippen molar-refractivity contribution in [1.29, 1.82) is 0 Å². The second-order valence-electron chi connectivity index (χ2n) is 8.29. The van der Waals surface area contributed by atoms with E-state index in [1.807, 2.05) is 24.3 Å². The van der Waals surface area contributed by atoms with Gasteiger partial charge in [0.2, 0.25) is 5.91 Å². The zero-order valence-corrected chi connectivity index (χ0v) is 18.8. The quantitative estimate of drug-likeness (QED) is 0.467. The molecule has 0 heterocycles. The summed E-state index contributed by atoms with van der Waals surface area (Å²) in [6.45, 7) is 1.14. The van der Waals surface area contributed by atoms with E-state index in [9.17, 15) is 18.4 Å². The maximum absolute atomic E-state index is 13.5. The fraction of sp³-hybridized carbons (Fsp3) is 0.440. The van der Waals surface area contributed by atoms with Crippen molar-refractivity contribution in [3.8, 4) is 5.75 Å². The van der Waals surface area contributed by atoms with Gasteiger partial charge in [0.25, 0.3) is 5.91 Å². The van der Waals surface area contributed by atoms with E-state index in [1.54, 1.807) is 7.11 Å². The normalized spacial score (nSPS) is 14.9. The Bertz CT molecular complexity index is 931. The van der Waals surface area contributed by atoms with Crippen molar-refractivity contribution in [2.75, 3.05) is 32.1 Å². The molecule has 0 bridgehead atoms. The first-order valence-corrected chi connectivity index (χ1v) is 11.4. The van der Waals surface area contributed by atoms with E-state index in [4.69, 9.17) is 4.74 Å². The summed E-state index contributed by atoms with van der Waals surface area (Å²) in [7, 11) is 1.61. The van der Waals surface area contributed by atoms with E-state index in [0.29, 0.717) is 13.1 Å². The van der Waals surface area contributed by atoms with Crippen molar-refractivity contribution < 1.29 is 23.1 Å². The first-order valence-electron chi connectivity index (χ1n) is 11.4. The standard InChI is InChI=1S/C25H31F2N3O3/c1-33-20-10-8-19(9-11-20)28-13-14-29-25(32)21(17-5-3-2-4-6-17)16-30-24(31)18-7-12-22(26)23(27)15-18/h7-12,15,17,21,28H,2-6,13-14,16H2,1H3,(H,29,32)(H,30,31). The van der Waals surface area contributed by atoms with Crippen LogP contribution < -0.4 is 20.7 Å². The van der Waals surface area contributed by atoms with Crippen LogP contribution in [0, 0.1) is 23.5 Å². The maximum Gasteiger partial charge on any atom is 0.251 e. The van der Waals surface area contributed by atoms with Crippen molar-refractivity contribution in [2.24, 2.45) is 11.8 Å². The summed E-state index contributed by atoms with van der Waals surface area (Å²) in [6, 6.07) is 10.5. The van der Waals surface area contributed by atoms with Gasteiger partial charge in [0.05, 0.1) is 13.0 Å². The van der Waals surface area contributed by atoms with Gasteiger partial charge in [-0.25, -0.2) is 8.78 Å². The van der Waals surface area contributed by atoms with Crippen LogP contribution in [0.3, 0.4) is 0 Å². The van der Waals surface area contributed by atoms with Crippen LogP contribution in [0.4, 0.5) is 14.5 Å². The Morgan fingerprint density at radius 2 is 1.70 bits per heavy atom. The van der Waals surface area contributed by atoms with Crippen molar-refractivity contribution in [3.63, 3.8) is 0 Å². The average Bonchev–Trinajstić information content (AvgIpc) is 2.84. The second kappa shape index (κ2) is 12.2. The van der Waals surface area contributed by atoms with Gasteiger partial charge in [-0.1, -0.05) is 19.3 Å². The van der Waals surface area contributed by atoms with E-state index >= 15 is 0 Å². The van der Waals surface area contributed by atoms with Crippen molar-refractivity contribution in [2.45, 2.75) is 32.1 Å². The van der Waals surface area contributed by atoms with Crippen LogP contribution in [0.25, 0.3) is 0 Å². The molecule has 2 amide bonds. The molecule has 178 valence electrons. The minimum atomic E-state index is -1.08. The number of ether oxygens (including phenoxy) is 1. The van der Waals surface area contributed by atoms with E-state index in [1.165, 1.54) is 6.07 Å². The molecule has 0 saturated heterocycles. The number of nitrogens with one attached hydrogen (secondary N) is 3. The number of methoxy groups -OCH3 is 1. The van der Waals surface area contributed by atoms with Crippen molar-refractivity contribution in [1.82, 2.24) is 10.6 Å². The van der Waals surface area contributed by atoms with E-state index in [0.717, 1.165) is 55.7 Å². The minimum Gasteiger partial charge on any atom is -0.497 e. The summed E-state index contributed by atoms with van der Waals surface area (Å²) >= 11 is 0. The van der Waals surface area contributed by atoms with Gasteiger partial charge in [0.1, 0.15) is 5.75 Å². The van der Waals surface area contributed by atoms with Crippen LogP contribution in [-0.4, -0.2) is 38.6 Å². The van der Waals surface area contributed by atoms with Gasteiger partial charge >= 0.3 is 0 Å². The fourth-order valence-corrected chi connectivity index (χ4v) is 4.18. The minimum absolute atomic E-state index is 0.0281. The van der Waals surface area contributed by atoms with Gasteiger partial charge in [0, 0.05) is 30.9 Å². The predicted molar refractivity (Wildman–Crippen MR) is 123 cm³/mol. The molecule has 0 aromatic heterocycles. The number of carbonyl (C=O) groups excluding carboxylic acids is 2. The SMILES string of the molecule is COc1ccc(NCCNC(=O)C(CNC(=O)c2ccc(F)c(F)c2)C2CCCCC2)cc1. The first kappa shape index (κ1) is 24.5. The zero-order valence-electron chi connectivity index (χ0n) is 18.8. The van der Waals surface area contributed by atoms with Gasteiger partial charge in [0.15, 0.2) is 11.6 Å². The molecule has 2 aromatic rings. The third-order valence-corrected chi connectivity index (χ3v) is 6.06. The highest BCUT2D eigenvalue weighted by Crippen LogP contribution is 2.30. The van der Waals surface area contributed by atoms with Gasteiger partial charge in [-0.3, -0.25) is 9.59 Å². The van der Waals surface area contributed by atoms with E-state index in [-0.39, 0.29) is 29.9 Å². The van der Waals surface area contributed by atoms with Gasteiger partial charge in [-0.15, -0.1) is 0 Å². The molecule has 3 N–H and O–H groups in total. The Morgan fingerprint density at radius 1 is 0.970 bits per heavy atom. The van der Waals surface area contributed by atoms with Crippen LogP contribution in [0.1, 0.15) is 42.5 Å². The average molecular weight is 460 g/mol. The molecule has 0 aliphatic heterocycles. The molecule has 33 heavy (non-hydrogen) atoms. The Labute approximate surface area is 193 Å². The third kappa shape index (κ3) is 7.17. The van der Waals surface area contributed by atoms with Gasteiger partial charge < -0.3 is 20.7 Å². The van der Waals surface area contributed by atoms with E-state index < -0.39 is 17.5 Å². The smallest absolute Gasteiger partial charge is 0.251 e. The molecule has 3 rings (SSSR count). The zero-order chi connectivity index (χ0) is 23.6. The molecule has 1 atom stereocenters. The van der Waals surface area contributed by atoms with Crippen LogP contribution in [0.5, 0.6) is 5.75 Å². The Hall–Kier alpha value is -3.16. The summed E-state index contributed by atoms with van der Waals surface area (Å²) in [5.74, 6) is -2.13. The first-order chi connectivity index (χ1) is 16.0. The maximum atomic E-state index is 13.5. The number of amides is 2. The highest BCUT2D eigenvalue weighted by Gasteiger charge is 2.30. The number of anilines is 1. The molecule has 8 heteroatoms. The molecule has 2 aromatic carbocycles. The second-order valence-corrected chi connectivity index (χ2v) is 8.29. The summed E-state index contributed by atoms with van der Waals surface area (Å²) in [5.41, 5.74) is 0.952. The lowest BCUT2D eigenvalue weighted by Crippen LogP contribution is -2.44. The fourth-order valence-electron chi connectivity index (χ4n) is 4.18. The monoisotopic (exact) mass is 459 g/mol. The highest BCUT2D eigenvalue weighted by atomic mass is 19.2. The Kier molecular flexibility index (Phi) is 9.04. The molecular weight excluding hydrogens is 428 g/mol. The number of benzene rings is 2. The summed E-state index contributed by atoms with van der Waals surface area (Å²) in [6.07, 6.45) is 5.14. The lowest BCUT2D eigenvalue weighted by atomic mass is 9.79. The van der Waals surface area contributed by atoms with E-state index in [2.05, 4.69) is 16.0 Å². The number of rotatable bonds is 10. The molecular formula is C25H31F2N3O3. The highest BCUT2D eigenvalue weighted by molar-refractivity contribution is 5.94. The Morgan fingerprint density at radius 3 is 2.36 bits per heavy atom. The van der Waals surface area contributed by atoms with Crippen molar-refractivity contribution >= 4 is 17.5 Å². The summed E-state index contributed by atoms with van der Waals surface area (Å²) < 4.78 is 31.7. The van der Waals surface area contributed by atoms with Gasteiger partial charge in [-0.05, 0) is 61.2 Å². The molecule has 0 radical (unpaired) electrons. The number of hydrogen-bond acceptors (Lipinski definition) is 4. The molecule has 1 saturated carbocycles. The number of hydrogen-bond donors (Lipinski definition) is 3. The molecule has 1 unspecified atom stereocenters. The summed E-state index contributed by atoms with van der Waals surface area (Å²) in [4.78, 5) is 25.4.